The molecule has 0 unspecified atom stereocenters. The number of hydrogen-bond donors (Lipinski definition) is 1. The summed E-state index contributed by atoms with van der Waals surface area (Å²) < 4.78 is 1.76. The molecule has 0 aliphatic rings. The van der Waals surface area contributed by atoms with Crippen molar-refractivity contribution in [3.63, 3.8) is 0 Å². The second-order valence-corrected chi connectivity index (χ2v) is 7.89. The first-order valence-electron chi connectivity index (χ1n) is 9.04. The van der Waals surface area contributed by atoms with Gasteiger partial charge in [0.05, 0.1) is 5.69 Å². The minimum absolute atomic E-state index is 0.198. The normalized spacial score (nSPS) is 11.2. The number of urea groups is 1. The third-order valence-electron chi connectivity index (χ3n) is 4.70. The molecule has 0 saturated heterocycles. The molecule has 0 saturated carbocycles. The molecule has 3 aromatic heterocycles. The Bertz CT molecular complexity index is 1060. The van der Waals surface area contributed by atoms with E-state index in [-0.39, 0.29) is 22.3 Å². The van der Waals surface area contributed by atoms with Crippen molar-refractivity contribution in [2.45, 2.75) is 26.7 Å². The molecular formula is C19H23Cl2N7O. The molecule has 0 spiro atoms. The molecule has 2 amide bonds. The maximum Gasteiger partial charge on any atom is 0.340 e. The summed E-state index contributed by atoms with van der Waals surface area (Å²) in [6.07, 6.45) is 0. The van der Waals surface area contributed by atoms with Gasteiger partial charge in [0.1, 0.15) is 16.1 Å². The number of aryl methyl sites for hydroxylation is 2. The first kappa shape index (κ1) is 21.1. The topological polar surface area (TPSA) is 79.2 Å². The van der Waals surface area contributed by atoms with Crippen LogP contribution in [0.3, 0.4) is 0 Å². The summed E-state index contributed by atoms with van der Waals surface area (Å²) in [7, 11) is 5.28. The number of pyridine rings is 2. The van der Waals surface area contributed by atoms with E-state index in [1.807, 2.05) is 20.0 Å². The lowest BCUT2D eigenvalue weighted by Crippen LogP contribution is -2.44. The Labute approximate surface area is 179 Å². The number of rotatable bonds is 4. The van der Waals surface area contributed by atoms with Crippen molar-refractivity contribution >= 4 is 51.8 Å². The molecule has 0 fully saturated rings. The first-order chi connectivity index (χ1) is 13.6. The highest BCUT2D eigenvalue weighted by atomic mass is 35.5. The van der Waals surface area contributed by atoms with Crippen LogP contribution < -0.4 is 10.3 Å². The van der Waals surface area contributed by atoms with Crippen molar-refractivity contribution in [2.24, 2.45) is 7.05 Å². The summed E-state index contributed by atoms with van der Waals surface area (Å²) in [5, 5.41) is 11.8. The number of fused-ring (bicyclic) bond motifs is 1. The van der Waals surface area contributed by atoms with Crippen molar-refractivity contribution in [3.8, 4) is 0 Å². The van der Waals surface area contributed by atoms with Crippen LogP contribution in [0, 0.1) is 6.92 Å². The highest BCUT2D eigenvalue weighted by molar-refractivity contribution is 6.33. The van der Waals surface area contributed by atoms with Gasteiger partial charge in [-0.25, -0.2) is 19.8 Å². The Morgan fingerprint density at radius 2 is 1.76 bits per heavy atom. The predicted octanol–water partition coefficient (Wildman–Crippen LogP) is 4.62. The number of aromatic nitrogens is 4. The lowest BCUT2D eigenvalue weighted by Gasteiger charge is -2.30. The number of hydrazine groups is 1. The fourth-order valence-electron chi connectivity index (χ4n) is 3.12. The molecule has 0 aliphatic heterocycles. The Kier molecular flexibility index (Phi) is 5.86. The molecule has 3 rings (SSSR count). The first-order valence-corrected chi connectivity index (χ1v) is 9.79. The number of carbonyl (C=O) groups excluding carboxylic acids is 1. The number of anilines is 2. The molecule has 8 nitrogen and oxygen atoms in total. The zero-order valence-electron chi connectivity index (χ0n) is 17.2. The van der Waals surface area contributed by atoms with E-state index in [0.29, 0.717) is 11.5 Å². The van der Waals surface area contributed by atoms with Crippen LogP contribution >= 0.6 is 23.2 Å². The zero-order chi connectivity index (χ0) is 21.5. The summed E-state index contributed by atoms with van der Waals surface area (Å²) in [6, 6.07) is 4.67. The van der Waals surface area contributed by atoms with Crippen molar-refractivity contribution in [1.82, 2.24) is 24.8 Å². The summed E-state index contributed by atoms with van der Waals surface area (Å²) in [4.78, 5) is 21.3. The standard InChI is InChI=1S/C19H23Cl2N7O/c1-10(2)13-9-16(24-18-17(13)11(3)25-26(18)4)27(5)28(6)19(29)22-12-7-14(20)23-15(21)8-12/h7-10H,1-6H3,(H,22,23,29). The average molecular weight is 436 g/mol. The predicted molar refractivity (Wildman–Crippen MR) is 117 cm³/mol. The van der Waals surface area contributed by atoms with Gasteiger partial charge in [-0.1, -0.05) is 37.0 Å². The van der Waals surface area contributed by atoms with Crippen molar-refractivity contribution in [3.05, 3.63) is 39.8 Å². The van der Waals surface area contributed by atoms with Gasteiger partial charge in [-0.2, -0.15) is 5.10 Å². The van der Waals surface area contributed by atoms with E-state index in [9.17, 15) is 4.79 Å². The van der Waals surface area contributed by atoms with Crippen LogP contribution in [0.1, 0.15) is 31.0 Å². The minimum Gasteiger partial charge on any atom is -0.306 e. The van der Waals surface area contributed by atoms with Gasteiger partial charge in [-0.15, -0.1) is 0 Å². The molecule has 29 heavy (non-hydrogen) atoms. The van der Waals surface area contributed by atoms with Gasteiger partial charge in [0.15, 0.2) is 5.65 Å². The van der Waals surface area contributed by atoms with E-state index >= 15 is 0 Å². The summed E-state index contributed by atoms with van der Waals surface area (Å²) in [5.74, 6) is 0.906. The van der Waals surface area contributed by atoms with Crippen LogP contribution in [0.15, 0.2) is 18.2 Å². The van der Waals surface area contributed by atoms with Gasteiger partial charge in [0.2, 0.25) is 0 Å². The fourth-order valence-corrected chi connectivity index (χ4v) is 3.58. The molecule has 154 valence electrons. The Morgan fingerprint density at radius 1 is 1.14 bits per heavy atom. The lowest BCUT2D eigenvalue weighted by atomic mass is 10.00. The Balaban J connectivity index is 1.92. The smallest absolute Gasteiger partial charge is 0.306 e. The lowest BCUT2D eigenvalue weighted by molar-refractivity contribution is 0.220. The Morgan fingerprint density at radius 3 is 2.34 bits per heavy atom. The molecule has 1 N–H and O–H groups in total. The van der Waals surface area contributed by atoms with Gasteiger partial charge >= 0.3 is 6.03 Å². The molecule has 10 heteroatoms. The van der Waals surface area contributed by atoms with Crippen LogP contribution in [-0.4, -0.2) is 44.9 Å². The molecular weight excluding hydrogens is 413 g/mol. The highest BCUT2D eigenvalue weighted by Crippen LogP contribution is 2.30. The maximum atomic E-state index is 12.7. The average Bonchev–Trinajstić information content (AvgIpc) is 2.92. The van der Waals surface area contributed by atoms with Gasteiger partial charge in [0, 0.05) is 32.2 Å². The van der Waals surface area contributed by atoms with Crippen LogP contribution in [0.25, 0.3) is 11.0 Å². The number of halogens is 2. The van der Waals surface area contributed by atoms with Crippen molar-refractivity contribution in [1.29, 1.82) is 0 Å². The van der Waals surface area contributed by atoms with E-state index in [0.717, 1.165) is 22.3 Å². The highest BCUT2D eigenvalue weighted by Gasteiger charge is 2.21. The SMILES string of the molecule is Cc1nn(C)c2nc(N(C)N(C)C(=O)Nc3cc(Cl)nc(Cl)c3)cc(C(C)C)c12. The van der Waals surface area contributed by atoms with Crippen molar-refractivity contribution < 1.29 is 4.79 Å². The largest absolute Gasteiger partial charge is 0.340 e. The second kappa shape index (κ2) is 8.04. The van der Waals surface area contributed by atoms with Gasteiger partial charge in [0.25, 0.3) is 0 Å². The van der Waals surface area contributed by atoms with Crippen LogP contribution in [0.2, 0.25) is 10.3 Å². The third-order valence-corrected chi connectivity index (χ3v) is 5.08. The number of hydrogen-bond acceptors (Lipinski definition) is 5. The molecule has 0 aliphatic carbocycles. The van der Waals surface area contributed by atoms with E-state index in [4.69, 9.17) is 28.2 Å². The van der Waals surface area contributed by atoms with Crippen LogP contribution in [0.4, 0.5) is 16.3 Å². The monoisotopic (exact) mass is 435 g/mol. The number of carbonyl (C=O) groups is 1. The third kappa shape index (κ3) is 4.23. The molecule has 3 aromatic rings. The summed E-state index contributed by atoms with van der Waals surface area (Å²) in [6.45, 7) is 6.22. The molecule has 3 heterocycles. The number of amides is 2. The number of nitrogens with zero attached hydrogens (tertiary/aromatic N) is 6. The van der Waals surface area contributed by atoms with E-state index in [1.54, 1.807) is 23.8 Å². The fraction of sp³-hybridized carbons (Fsp3) is 0.368. The van der Waals surface area contributed by atoms with E-state index in [1.165, 1.54) is 17.1 Å². The Hall–Kier alpha value is -2.58. The zero-order valence-corrected chi connectivity index (χ0v) is 18.7. The number of nitrogens with one attached hydrogen (secondary N) is 1. The summed E-state index contributed by atoms with van der Waals surface area (Å²) >= 11 is 11.8. The molecule has 0 aromatic carbocycles. The second-order valence-electron chi connectivity index (χ2n) is 7.11. The van der Waals surface area contributed by atoms with Gasteiger partial charge < -0.3 is 5.32 Å². The van der Waals surface area contributed by atoms with E-state index < -0.39 is 0 Å². The van der Waals surface area contributed by atoms with Crippen LogP contribution in [-0.2, 0) is 7.05 Å². The maximum absolute atomic E-state index is 12.7. The van der Waals surface area contributed by atoms with Crippen LogP contribution in [0.5, 0.6) is 0 Å². The molecule has 0 radical (unpaired) electrons. The summed E-state index contributed by atoms with van der Waals surface area (Å²) in [5.41, 5.74) is 3.29. The molecule has 0 atom stereocenters. The molecule has 0 bridgehead atoms. The van der Waals surface area contributed by atoms with E-state index in [2.05, 4.69) is 29.2 Å². The quantitative estimate of drug-likeness (QED) is 0.477. The van der Waals surface area contributed by atoms with Gasteiger partial charge in [-0.3, -0.25) is 9.69 Å². The van der Waals surface area contributed by atoms with Gasteiger partial charge in [-0.05, 0) is 36.6 Å². The van der Waals surface area contributed by atoms with Crippen molar-refractivity contribution in [2.75, 3.05) is 24.4 Å². The minimum atomic E-state index is -0.375.